The maximum absolute atomic E-state index is 14.8. The number of benzene rings is 3. The molecule has 0 saturated carbocycles. The summed E-state index contributed by atoms with van der Waals surface area (Å²) < 4.78 is 14.8. The lowest BCUT2D eigenvalue weighted by atomic mass is 9.99. The number of anilines is 1. The number of hydrogen-bond acceptors (Lipinski definition) is 3. The molecule has 3 aromatic rings. The highest BCUT2D eigenvalue weighted by molar-refractivity contribution is 6.42. The predicted molar refractivity (Wildman–Crippen MR) is 129 cm³/mol. The summed E-state index contributed by atoms with van der Waals surface area (Å²) in [5.74, 6) is -1.47. The number of nitrogens with zero attached hydrogens (tertiary/aromatic N) is 2. The van der Waals surface area contributed by atoms with Gasteiger partial charge in [-0.2, -0.15) is 0 Å². The molecule has 3 aromatic carbocycles. The number of para-hydroxylation sites is 1. The number of carbonyl (C=O) groups excluding carboxylic acids is 2. The van der Waals surface area contributed by atoms with Crippen molar-refractivity contribution in [2.75, 3.05) is 4.90 Å². The molecule has 0 aliphatic carbocycles. The second-order valence-corrected chi connectivity index (χ2v) is 8.60. The summed E-state index contributed by atoms with van der Waals surface area (Å²) in [4.78, 5) is 32.7. The van der Waals surface area contributed by atoms with Crippen molar-refractivity contribution in [3.8, 4) is 0 Å². The van der Waals surface area contributed by atoms with Crippen molar-refractivity contribution in [2.45, 2.75) is 26.1 Å². The topological polar surface area (TPSA) is 61.8 Å². The fourth-order valence-corrected chi connectivity index (χ4v) is 4.03. The summed E-state index contributed by atoms with van der Waals surface area (Å²) in [6, 6.07) is 17.5. The number of carbonyl (C=O) groups is 2. The van der Waals surface area contributed by atoms with Crippen molar-refractivity contribution in [2.24, 2.45) is 4.99 Å². The molecule has 1 unspecified atom stereocenters. The molecule has 1 heterocycles. The van der Waals surface area contributed by atoms with Crippen LogP contribution in [0.2, 0.25) is 10.0 Å². The van der Waals surface area contributed by atoms with Crippen LogP contribution < -0.4 is 10.2 Å². The summed E-state index contributed by atoms with van der Waals surface area (Å²) in [7, 11) is 0. The minimum Gasteiger partial charge on any atom is -0.322 e. The van der Waals surface area contributed by atoms with E-state index >= 15 is 0 Å². The number of hydrogen-bond donors (Lipinski definition) is 1. The lowest BCUT2D eigenvalue weighted by molar-refractivity contribution is -0.120. The van der Waals surface area contributed by atoms with Crippen LogP contribution >= 0.6 is 23.2 Å². The molecule has 0 spiro atoms. The van der Waals surface area contributed by atoms with Gasteiger partial charge in [-0.1, -0.05) is 53.5 Å². The highest BCUT2D eigenvalue weighted by Crippen LogP contribution is 2.30. The van der Waals surface area contributed by atoms with Crippen LogP contribution in [-0.2, 0) is 4.79 Å². The fraction of sp³-hybridized carbons (Fsp3) is 0.160. The van der Waals surface area contributed by atoms with Gasteiger partial charge in [0.15, 0.2) is 0 Å². The van der Waals surface area contributed by atoms with Gasteiger partial charge in [0.2, 0.25) is 6.17 Å². The fourth-order valence-electron chi connectivity index (χ4n) is 3.73. The monoisotopic (exact) mass is 483 g/mol. The first-order chi connectivity index (χ1) is 15.8. The van der Waals surface area contributed by atoms with Crippen LogP contribution in [0.4, 0.5) is 10.1 Å². The zero-order valence-corrected chi connectivity index (χ0v) is 19.4. The number of nitrogens with one attached hydrogen (secondary N) is 1. The van der Waals surface area contributed by atoms with E-state index in [-0.39, 0.29) is 27.9 Å². The molecule has 0 aromatic heterocycles. The molecule has 4 rings (SSSR count). The van der Waals surface area contributed by atoms with E-state index in [1.165, 1.54) is 24.3 Å². The molecule has 168 valence electrons. The van der Waals surface area contributed by atoms with Crippen molar-refractivity contribution >= 4 is 46.4 Å². The quantitative estimate of drug-likeness (QED) is 0.533. The molecule has 2 amide bonds. The molecule has 0 fully saturated rings. The number of halogens is 3. The van der Waals surface area contributed by atoms with Crippen molar-refractivity contribution in [3.63, 3.8) is 0 Å². The number of amides is 2. The van der Waals surface area contributed by atoms with Crippen LogP contribution in [0.15, 0.2) is 71.7 Å². The van der Waals surface area contributed by atoms with E-state index in [2.05, 4.69) is 10.3 Å². The van der Waals surface area contributed by atoms with E-state index in [4.69, 9.17) is 23.2 Å². The van der Waals surface area contributed by atoms with Gasteiger partial charge < -0.3 is 10.2 Å². The molecular formula is C25H20Cl2FN3O2. The van der Waals surface area contributed by atoms with E-state index in [0.717, 1.165) is 0 Å². The Morgan fingerprint density at radius 3 is 2.33 bits per heavy atom. The first kappa shape index (κ1) is 23.0. The SMILES string of the molecule is CC(C)N1C(=O)C(NC(=O)c2ccc(Cl)c(Cl)c2)N=C(c2ccccc2F)c2ccccc21. The summed E-state index contributed by atoms with van der Waals surface area (Å²) in [6.45, 7) is 3.72. The van der Waals surface area contributed by atoms with E-state index < -0.39 is 23.8 Å². The third-order valence-electron chi connectivity index (χ3n) is 5.24. The zero-order valence-electron chi connectivity index (χ0n) is 17.9. The molecule has 1 aliphatic heterocycles. The lowest BCUT2D eigenvalue weighted by Crippen LogP contribution is -2.49. The van der Waals surface area contributed by atoms with Crippen LogP contribution in [0.5, 0.6) is 0 Å². The van der Waals surface area contributed by atoms with Gasteiger partial charge in [0, 0.05) is 22.7 Å². The summed E-state index contributed by atoms with van der Waals surface area (Å²) in [5, 5.41) is 3.19. The van der Waals surface area contributed by atoms with Crippen molar-refractivity contribution < 1.29 is 14.0 Å². The van der Waals surface area contributed by atoms with Crippen LogP contribution in [-0.4, -0.2) is 29.7 Å². The van der Waals surface area contributed by atoms with Gasteiger partial charge in [0.1, 0.15) is 5.82 Å². The maximum Gasteiger partial charge on any atom is 0.272 e. The average molecular weight is 484 g/mol. The van der Waals surface area contributed by atoms with Crippen molar-refractivity contribution in [1.29, 1.82) is 0 Å². The average Bonchev–Trinajstić information content (AvgIpc) is 2.90. The van der Waals surface area contributed by atoms with Crippen LogP contribution in [0.3, 0.4) is 0 Å². The minimum atomic E-state index is -1.28. The van der Waals surface area contributed by atoms with Crippen molar-refractivity contribution in [1.82, 2.24) is 5.32 Å². The van der Waals surface area contributed by atoms with E-state index in [1.807, 2.05) is 13.8 Å². The van der Waals surface area contributed by atoms with Gasteiger partial charge in [-0.3, -0.25) is 9.59 Å². The summed E-state index contributed by atoms with van der Waals surface area (Å²) in [6.07, 6.45) is -1.28. The van der Waals surface area contributed by atoms with E-state index in [1.54, 1.807) is 47.4 Å². The smallest absolute Gasteiger partial charge is 0.272 e. The lowest BCUT2D eigenvalue weighted by Gasteiger charge is -2.29. The first-order valence-corrected chi connectivity index (χ1v) is 11.0. The summed E-state index contributed by atoms with van der Waals surface area (Å²) in [5.41, 5.74) is 1.91. The number of fused-ring (bicyclic) bond motifs is 1. The van der Waals surface area contributed by atoms with E-state index in [9.17, 15) is 14.0 Å². The van der Waals surface area contributed by atoms with Gasteiger partial charge in [-0.25, -0.2) is 9.38 Å². The molecule has 0 bridgehead atoms. The Bertz CT molecular complexity index is 1280. The molecule has 1 atom stereocenters. The van der Waals surface area contributed by atoms with E-state index in [0.29, 0.717) is 16.3 Å². The molecule has 5 nitrogen and oxygen atoms in total. The first-order valence-electron chi connectivity index (χ1n) is 10.3. The number of aliphatic imine (C=N–C) groups is 1. The molecule has 0 radical (unpaired) electrons. The molecule has 1 aliphatic rings. The Morgan fingerprint density at radius 2 is 1.67 bits per heavy atom. The second-order valence-electron chi connectivity index (χ2n) is 7.78. The Labute approximate surface area is 200 Å². The highest BCUT2D eigenvalue weighted by atomic mass is 35.5. The molecule has 33 heavy (non-hydrogen) atoms. The second kappa shape index (κ2) is 9.33. The molecular weight excluding hydrogens is 464 g/mol. The molecule has 0 saturated heterocycles. The Hall–Kier alpha value is -3.22. The van der Waals surface area contributed by atoms with Crippen LogP contribution in [0, 0.1) is 5.82 Å². The Morgan fingerprint density at radius 1 is 1.00 bits per heavy atom. The summed E-state index contributed by atoms with van der Waals surface area (Å²) >= 11 is 12.0. The van der Waals surface area contributed by atoms with Gasteiger partial charge in [0.25, 0.3) is 11.8 Å². The van der Waals surface area contributed by atoms with Crippen LogP contribution in [0.1, 0.15) is 35.3 Å². The van der Waals surface area contributed by atoms with Gasteiger partial charge >= 0.3 is 0 Å². The number of rotatable bonds is 4. The third kappa shape index (κ3) is 4.49. The molecule has 8 heteroatoms. The van der Waals surface area contributed by atoms with Gasteiger partial charge in [0.05, 0.1) is 21.4 Å². The Kier molecular flexibility index (Phi) is 6.49. The largest absolute Gasteiger partial charge is 0.322 e. The normalized spacial score (nSPS) is 15.7. The number of benzodiazepines with no additional fused rings is 1. The minimum absolute atomic E-state index is 0.211. The highest BCUT2D eigenvalue weighted by Gasteiger charge is 2.35. The standard InChI is InChI=1S/C25H20Cl2FN3O2/c1-14(2)31-21-10-6-4-8-17(21)22(16-7-3-5-9-20(16)28)29-23(25(31)33)30-24(32)15-11-12-18(26)19(27)13-15/h3-14,23H,1-2H3,(H,30,32). The van der Waals surface area contributed by atoms with Crippen molar-refractivity contribution in [3.05, 3.63) is 99.3 Å². The zero-order chi connectivity index (χ0) is 23.7. The maximum atomic E-state index is 14.8. The van der Waals surface area contributed by atoms with Gasteiger partial charge in [-0.15, -0.1) is 0 Å². The van der Waals surface area contributed by atoms with Gasteiger partial charge in [-0.05, 0) is 50.2 Å². The molecule has 1 N–H and O–H groups in total. The predicted octanol–water partition coefficient (Wildman–Crippen LogP) is 5.48. The van der Waals surface area contributed by atoms with Crippen LogP contribution in [0.25, 0.3) is 0 Å². The third-order valence-corrected chi connectivity index (χ3v) is 5.98. The Balaban J connectivity index is 1.84.